The highest BCUT2D eigenvalue weighted by Gasteiger charge is 2.12. The summed E-state index contributed by atoms with van der Waals surface area (Å²) in [6.45, 7) is 0. The zero-order valence-electron chi connectivity index (χ0n) is 10.4. The van der Waals surface area contributed by atoms with E-state index < -0.39 is 5.91 Å². The Morgan fingerprint density at radius 2 is 1.95 bits per heavy atom. The fraction of sp³-hybridized carbons (Fsp3) is 0. The highest BCUT2D eigenvalue weighted by atomic mass is 16.3. The maximum absolute atomic E-state index is 12.2. The molecule has 0 spiro atoms. The van der Waals surface area contributed by atoms with Crippen LogP contribution in [0.15, 0.2) is 55.0 Å². The maximum Gasteiger partial charge on any atom is 0.259 e. The van der Waals surface area contributed by atoms with Crippen molar-refractivity contribution in [3.05, 3.63) is 60.6 Å². The number of carbonyl (C=O) groups excluding carboxylic acids is 1. The van der Waals surface area contributed by atoms with E-state index in [1.165, 1.54) is 18.5 Å². The molecule has 3 rings (SSSR count). The summed E-state index contributed by atoms with van der Waals surface area (Å²) in [6.07, 6.45) is 4.36. The molecule has 0 bridgehead atoms. The van der Waals surface area contributed by atoms with Crippen molar-refractivity contribution in [3.63, 3.8) is 0 Å². The van der Waals surface area contributed by atoms with Crippen LogP contribution < -0.4 is 5.32 Å². The number of rotatable bonds is 2. The van der Waals surface area contributed by atoms with Crippen molar-refractivity contribution in [2.45, 2.75) is 0 Å². The second kappa shape index (κ2) is 4.97. The van der Waals surface area contributed by atoms with Crippen molar-refractivity contribution in [1.82, 2.24) is 9.97 Å². The molecule has 0 radical (unpaired) electrons. The van der Waals surface area contributed by atoms with Crippen molar-refractivity contribution in [3.8, 4) is 5.75 Å². The molecule has 0 aliphatic carbocycles. The molecule has 0 saturated carbocycles. The number of aromatic nitrogens is 2. The lowest BCUT2D eigenvalue weighted by Gasteiger charge is -2.08. The first kappa shape index (κ1) is 12.1. The van der Waals surface area contributed by atoms with Gasteiger partial charge in [0.1, 0.15) is 5.75 Å². The van der Waals surface area contributed by atoms with Crippen molar-refractivity contribution in [2.75, 3.05) is 5.32 Å². The zero-order chi connectivity index (χ0) is 13.9. The topological polar surface area (TPSA) is 75.1 Å². The van der Waals surface area contributed by atoms with E-state index in [-0.39, 0.29) is 11.3 Å². The van der Waals surface area contributed by atoms with Crippen molar-refractivity contribution in [2.24, 2.45) is 0 Å². The van der Waals surface area contributed by atoms with Crippen molar-refractivity contribution >= 4 is 22.5 Å². The second-order valence-electron chi connectivity index (χ2n) is 4.23. The highest BCUT2D eigenvalue weighted by Crippen LogP contribution is 2.22. The average Bonchev–Trinajstić information content (AvgIpc) is 2.48. The Morgan fingerprint density at radius 3 is 2.80 bits per heavy atom. The number of anilines is 1. The molecule has 3 aromatic rings. The first-order chi connectivity index (χ1) is 9.75. The van der Waals surface area contributed by atoms with Crippen molar-refractivity contribution < 1.29 is 9.90 Å². The Balaban J connectivity index is 1.98. The zero-order valence-corrected chi connectivity index (χ0v) is 10.4. The summed E-state index contributed by atoms with van der Waals surface area (Å²) < 4.78 is 0. The summed E-state index contributed by atoms with van der Waals surface area (Å²) in [5.74, 6) is -0.554. The first-order valence-corrected chi connectivity index (χ1v) is 6.04. The number of amides is 1. The number of hydrogen-bond acceptors (Lipinski definition) is 4. The van der Waals surface area contributed by atoms with E-state index in [2.05, 4.69) is 15.3 Å². The van der Waals surface area contributed by atoms with Gasteiger partial charge in [-0.15, -0.1) is 0 Å². The van der Waals surface area contributed by atoms with Crippen LogP contribution in [0.5, 0.6) is 5.75 Å². The van der Waals surface area contributed by atoms with E-state index in [1.54, 1.807) is 12.3 Å². The van der Waals surface area contributed by atoms with Gasteiger partial charge in [-0.05, 0) is 18.2 Å². The van der Waals surface area contributed by atoms with E-state index in [0.29, 0.717) is 11.2 Å². The third-order valence-corrected chi connectivity index (χ3v) is 2.93. The summed E-state index contributed by atoms with van der Waals surface area (Å²) in [5.41, 5.74) is 1.48. The number of benzene rings is 1. The van der Waals surface area contributed by atoms with Crippen LogP contribution in [0.3, 0.4) is 0 Å². The van der Waals surface area contributed by atoms with Crippen LogP contribution in [0.1, 0.15) is 10.4 Å². The molecule has 1 amide bonds. The molecule has 2 aromatic heterocycles. The molecule has 5 nitrogen and oxygen atoms in total. The number of fused-ring (bicyclic) bond motifs is 1. The van der Waals surface area contributed by atoms with Gasteiger partial charge < -0.3 is 10.4 Å². The molecule has 2 heterocycles. The molecule has 98 valence electrons. The fourth-order valence-corrected chi connectivity index (χ4v) is 1.97. The van der Waals surface area contributed by atoms with Crippen LogP contribution in [-0.4, -0.2) is 21.0 Å². The Kier molecular flexibility index (Phi) is 3.01. The Bertz CT molecular complexity index is 781. The minimum atomic E-state index is -0.400. The number of hydrogen-bond donors (Lipinski definition) is 2. The predicted molar refractivity (Wildman–Crippen MR) is 75.6 cm³/mol. The number of para-hydroxylation sites is 1. The van der Waals surface area contributed by atoms with E-state index in [9.17, 15) is 9.90 Å². The second-order valence-corrected chi connectivity index (χ2v) is 4.23. The smallest absolute Gasteiger partial charge is 0.259 e. The normalized spacial score (nSPS) is 10.4. The summed E-state index contributed by atoms with van der Waals surface area (Å²) in [6, 6.07) is 10.7. The molecule has 0 aliphatic heterocycles. The van der Waals surface area contributed by atoms with Gasteiger partial charge >= 0.3 is 0 Å². The van der Waals surface area contributed by atoms with E-state index in [1.807, 2.05) is 24.3 Å². The Hall–Kier alpha value is -2.95. The van der Waals surface area contributed by atoms with E-state index >= 15 is 0 Å². The van der Waals surface area contributed by atoms with Gasteiger partial charge in [0.25, 0.3) is 5.91 Å². The largest absolute Gasteiger partial charge is 0.505 e. The molecular formula is C15H11N3O2. The fourth-order valence-electron chi connectivity index (χ4n) is 1.97. The molecule has 0 atom stereocenters. The Morgan fingerprint density at radius 1 is 1.10 bits per heavy atom. The lowest BCUT2D eigenvalue weighted by molar-refractivity contribution is 0.102. The molecule has 0 fully saturated rings. The van der Waals surface area contributed by atoms with Gasteiger partial charge in [-0.3, -0.25) is 14.8 Å². The quantitative estimate of drug-likeness (QED) is 0.746. The standard InChI is InChI=1S/C15H11N3O2/c19-13-9-16-8-6-11(13)15(20)18-12-5-1-3-10-4-2-7-17-14(10)12/h1-9,19H,(H,18,20). The lowest BCUT2D eigenvalue weighted by Crippen LogP contribution is -2.12. The number of aromatic hydroxyl groups is 1. The molecule has 0 unspecified atom stereocenters. The van der Waals surface area contributed by atoms with Crippen LogP contribution >= 0.6 is 0 Å². The predicted octanol–water partition coefficient (Wildman–Crippen LogP) is 2.59. The molecule has 1 aromatic carbocycles. The van der Waals surface area contributed by atoms with E-state index in [0.717, 1.165) is 5.39 Å². The number of nitrogens with one attached hydrogen (secondary N) is 1. The summed E-state index contributed by atoms with van der Waals surface area (Å²) in [4.78, 5) is 20.2. The lowest BCUT2D eigenvalue weighted by atomic mass is 10.1. The summed E-state index contributed by atoms with van der Waals surface area (Å²) in [5, 5.41) is 13.3. The molecule has 20 heavy (non-hydrogen) atoms. The molecule has 2 N–H and O–H groups in total. The monoisotopic (exact) mass is 265 g/mol. The van der Waals surface area contributed by atoms with Crippen LogP contribution in [0.25, 0.3) is 10.9 Å². The number of pyridine rings is 2. The third-order valence-electron chi connectivity index (χ3n) is 2.93. The average molecular weight is 265 g/mol. The minimum Gasteiger partial charge on any atom is -0.505 e. The van der Waals surface area contributed by atoms with Gasteiger partial charge in [0.05, 0.1) is 23.0 Å². The molecule has 5 heteroatoms. The van der Waals surface area contributed by atoms with Crippen LogP contribution in [0.4, 0.5) is 5.69 Å². The van der Waals surface area contributed by atoms with Crippen molar-refractivity contribution in [1.29, 1.82) is 0 Å². The van der Waals surface area contributed by atoms with Crippen LogP contribution in [0.2, 0.25) is 0 Å². The number of carbonyl (C=O) groups is 1. The van der Waals surface area contributed by atoms with Gasteiger partial charge in [0, 0.05) is 17.8 Å². The SMILES string of the molecule is O=C(Nc1cccc2cccnc12)c1ccncc1O. The summed E-state index contributed by atoms with van der Waals surface area (Å²) in [7, 11) is 0. The highest BCUT2D eigenvalue weighted by molar-refractivity contribution is 6.09. The van der Waals surface area contributed by atoms with Gasteiger partial charge in [0.2, 0.25) is 0 Å². The van der Waals surface area contributed by atoms with Gasteiger partial charge in [-0.2, -0.15) is 0 Å². The van der Waals surface area contributed by atoms with Gasteiger partial charge in [-0.1, -0.05) is 18.2 Å². The van der Waals surface area contributed by atoms with Gasteiger partial charge in [0.15, 0.2) is 0 Å². The van der Waals surface area contributed by atoms with Gasteiger partial charge in [-0.25, -0.2) is 0 Å². The van der Waals surface area contributed by atoms with Crippen LogP contribution in [-0.2, 0) is 0 Å². The third kappa shape index (κ3) is 2.16. The van der Waals surface area contributed by atoms with E-state index in [4.69, 9.17) is 0 Å². The first-order valence-electron chi connectivity index (χ1n) is 6.04. The number of nitrogens with zero attached hydrogens (tertiary/aromatic N) is 2. The molecule has 0 saturated heterocycles. The molecule has 0 aliphatic rings. The molecular weight excluding hydrogens is 254 g/mol. The summed E-state index contributed by atoms with van der Waals surface area (Å²) >= 11 is 0. The minimum absolute atomic E-state index is 0.154. The Labute approximate surface area is 114 Å². The van der Waals surface area contributed by atoms with Crippen LogP contribution in [0, 0.1) is 0 Å². The maximum atomic E-state index is 12.2.